The van der Waals surface area contributed by atoms with Crippen LogP contribution in [0.25, 0.3) is 0 Å². The molecule has 4 unspecified atom stereocenters. The topological polar surface area (TPSA) is 38.3 Å². The lowest BCUT2D eigenvalue weighted by Gasteiger charge is -2.28. The Labute approximate surface area is 149 Å². The van der Waals surface area contributed by atoms with E-state index in [1.54, 1.807) is 0 Å². The molecule has 2 fully saturated rings. The average Bonchev–Trinajstić information content (AvgIpc) is 3.26. The fraction of sp³-hybridized carbons (Fsp3) is 0.409. The normalized spacial score (nSPS) is 25.6. The van der Waals surface area contributed by atoms with Gasteiger partial charge in [-0.2, -0.15) is 0 Å². The molecule has 25 heavy (non-hydrogen) atoms. The van der Waals surface area contributed by atoms with E-state index in [1.165, 1.54) is 25.7 Å². The van der Waals surface area contributed by atoms with Crippen LogP contribution in [0.1, 0.15) is 43.0 Å². The molecule has 3 heteroatoms. The average molecular weight is 335 g/mol. The van der Waals surface area contributed by atoms with Gasteiger partial charge in [-0.05, 0) is 80.3 Å². The number of hydrogen-bond donors (Lipinski definition) is 1. The molecule has 2 saturated carbocycles. The van der Waals surface area contributed by atoms with E-state index in [9.17, 15) is 4.79 Å². The van der Waals surface area contributed by atoms with E-state index in [0.29, 0.717) is 11.5 Å². The summed E-state index contributed by atoms with van der Waals surface area (Å²) in [6.45, 7) is 2.16. The number of benzene rings is 2. The monoisotopic (exact) mass is 335 g/mol. The molecule has 1 N–H and O–H groups in total. The van der Waals surface area contributed by atoms with E-state index in [1.807, 2.05) is 54.6 Å². The SMILES string of the molecule is CC(NC(=O)c1ccc(Oc2ccccc2)cc1)C1CC2CCC1C2. The van der Waals surface area contributed by atoms with Gasteiger partial charge in [0.05, 0.1) is 0 Å². The first-order valence-corrected chi connectivity index (χ1v) is 9.33. The van der Waals surface area contributed by atoms with Gasteiger partial charge in [0.2, 0.25) is 0 Å². The van der Waals surface area contributed by atoms with Crippen molar-refractivity contribution in [2.24, 2.45) is 17.8 Å². The van der Waals surface area contributed by atoms with Crippen LogP contribution < -0.4 is 10.1 Å². The van der Waals surface area contributed by atoms with Crippen LogP contribution in [-0.4, -0.2) is 11.9 Å². The second-order valence-electron chi connectivity index (χ2n) is 7.54. The third kappa shape index (κ3) is 3.55. The number of ether oxygens (including phenoxy) is 1. The minimum absolute atomic E-state index is 0.0153. The van der Waals surface area contributed by atoms with Crippen molar-refractivity contribution >= 4 is 5.91 Å². The predicted molar refractivity (Wildman–Crippen MR) is 98.8 cm³/mol. The number of carbonyl (C=O) groups is 1. The summed E-state index contributed by atoms with van der Waals surface area (Å²) in [5.74, 6) is 3.93. The minimum Gasteiger partial charge on any atom is -0.457 e. The van der Waals surface area contributed by atoms with Crippen LogP contribution in [0.3, 0.4) is 0 Å². The molecule has 0 saturated heterocycles. The summed E-state index contributed by atoms with van der Waals surface area (Å²) in [7, 11) is 0. The van der Waals surface area contributed by atoms with E-state index in [2.05, 4.69) is 12.2 Å². The molecule has 4 rings (SSSR count). The molecule has 0 radical (unpaired) electrons. The molecule has 2 bridgehead atoms. The first kappa shape index (κ1) is 16.2. The minimum atomic E-state index is 0.0153. The molecule has 2 aliphatic rings. The van der Waals surface area contributed by atoms with Gasteiger partial charge in [-0.15, -0.1) is 0 Å². The highest BCUT2D eigenvalue weighted by atomic mass is 16.5. The second-order valence-corrected chi connectivity index (χ2v) is 7.54. The number of amides is 1. The van der Waals surface area contributed by atoms with Crippen molar-refractivity contribution in [3.8, 4) is 11.5 Å². The first-order chi connectivity index (χ1) is 12.2. The Morgan fingerprint density at radius 2 is 1.72 bits per heavy atom. The van der Waals surface area contributed by atoms with Crippen LogP contribution in [0, 0.1) is 17.8 Å². The van der Waals surface area contributed by atoms with Crippen LogP contribution in [0.5, 0.6) is 11.5 Å². The first-order valence-electron chi connectivity index (χ1n) is 9.33. The summed E-state index contributed by atoms with van der Waals surface area (Å²) in [5.41, 5.74) is 0.690. The van der Waals surface area contributed by atoms with Crippen molar-refractivity contribution in [2.45, 2.75) is 38.6 Å². The summed E-state index contributed by atoms with van der Waals surface area (Å²) >= 11 is 0. The standard InChI is InChI=1S/C22H25NO2/c1-15(21-14-16-7-8-18(21)13-16)23-22(24)17-9-11-20(12-10-17)25-19-5-3-2-4-6-19/h2-6,9-12,15-16,18,21H,7-8,13-14H2,1H3,(H,23,24). The van der Waals surface area contributed by atoms with E-state index >= 15 is 0 Å². The molecule has 4 atom stereocenters. The van der Waals surface area contributed by atoms with Gasteiger partial charge < -0.3 is 10.1 Å². The second kappa shape index (κ2) is 6.91. The Morgan fingerprint density at radius 1 is 1.00 bits per heavy atom. The molecule has 2 aliphatic carbocycles. The van der Waals surface area contributed by atoms with E-state index in [-0.39, 0.29) is 11.9 Å². The van der Waals surface area contributed by atoms with Crippen LogP contribution in [0.2, 0.25) is 0 Å². The molecular weight excluding hydrogens is 310 g/mol. The lowest BCUT2D eigenvalue weighted by molar-refractivity contribution is 0.0915. The number of fused-ring (bicyclic) bond motifs is 2. The molecule has 0 aliphatic heterocycles. The highest BCUT2D eigenvalue weighted by Gasteiger charge is 2.42. The van der Waals surface area contributed by atoms with Crippen molar-refractivity contribution in [2.75, 3.05) is 0 Å². The van der Waals surface area contributed by atoms with Crippen molar-refractivity contribution in [3.05, 3.63) is 60.2 Å². The molecule has 2 aromatic rings. The largest absolute Gasteiger partial charge is 0.457 e. The van der Waals surface area contributed by atoms with E-state index in [4.69, 9.17) is 4.74 Å². The highest BCUT2D eigenvalue weighted by Crippen LogP contribution is 2.49. The Bertz CT molecular complexity index is 725. The van der Waals surface area contributed by atoms with Crippen molar-refractivity contribution in [1.29, 1.82) is 0 Å². The van der Waals surface area contributed by atoms with Crippen LogP contribution >= 0.6 is 0 Å². The summed E-state index contributed by atoms with van der Waals surface area (Å²) in [5, 5.41) is 3.21. The summed E-state index contributed by atoms with van der Waals surface area (Å²) in [6, 6.07) is 17.3. The van der Waals surface area contributed by atoms with Crippen LogP contribution in [0.15, 0.2) is 54.6 Å². The van der Waals surface area contributed by atoms with Crippen LogP contribution in [0.4, 0.5) is 0 Å². The number of nitrogens with one attached hydrogen (secondary N) is 1. The lowest BCUT2D eigenvalue weighted by Crippen LogP contribution is -2.40. The van der Waals surface area contributed by atoms with E-state index < -0.39 is 0 Å². The Balaban J connectivity index is 1.35. The Kier molecular flexibility index (Phi) is 4.48. The number of para-hydroxylation sites is 1. The van der Waals surface area contributed by atoms with Gasteiger partial charge in [0.25, 0.3) is 5.91 Å². The smallest absolute Gasteiger partial charge is 0.251 e. The number of rotatable bonds is 5. The summed E-state index contributed by atoms with van der Waals surface area (Å²) < 4.78 is 5.78. The zero-order valence-corrected chi connectivity index (χ0v) is 14.7. The third-order valence-corrected chi connectivity index (χ3v) is 5.89. The third-order valence-electron chi connectivity index (χ3n) is 5.89. The molecule has 3 nitrogen and oxygen atoms in total. The predicted octanol–water partition coefficient (Wildman–Crippen LogP) is 5.03. The maximum Gasteiger partial charge on any atom is 0.251 e. The quantitative estimate of drug-likeness (QED) is 0.832. The highest BCUT2D eigenvalue weighted by molar-refractivity contribution is 5.94. The molecule has 1 amide bonds. The molecular formula is C22H25NO2. The van der Waals surface area contributed by atoms with Gasteiger partial charge in [-0.1, -0.05) is 24.6 Å². The fourth-order valence-corrected chi connectivity index (χ4v) is 4.60. The van der Waals surface area contributed by atoms with Gasteiger partial charge in [-0.3, -0.25) is 4.79 Å². The van der Waals surface area contributed by atoms with Gasteiger partial charge >= 0.3 is 0 Å². The number of hydrogen-bond acceptors (Lipinski definition) is 2. The van der Waals surface area contributed by atoms with Crippen LogP contribution in [-0.2, 0) is 0 Å². The maximum atomic E-state index is 12.5. The molecule has 2 aromatic carbocycles. The zero-order valence-electron chi connectivity index (χ0n) is 14.7. The summed E-state index contributed by atoms with van der Waals surface area (Å²) in [4.78, 5) is 12.5. The number of carbonyl (C=O) groups excluding carboxylic acids is 1. The van der Waals surface area contributed by atoms with Crippen molar-refractivity contribution in [3.63, 3.8) is 0 Å². The lowest BCUT2D eigenvalue weighted by atomic mass is 9.84. The van der Waals surface area contributed by atoms with Gasteiger partial charge in [0.1, 0.15) is 11.5 Å². The molecule has 0 aromatic heterocycles. The van der Waals surface area contributed by atoms with Crippen molar-refractivity contribution < 1.29 is 9.53 Å². The maximum absolute atomic E-state index is 12.5. The van der Waals surface area contributed by atoms with Gasteiger partial charge in [0.15, 0.2) is 0 Å². The Hall–Kier alpha value is -2.29. The van der Waals surface area contributed by atoms with Gasteiger partial charge in [0, 0.05) is 11.6 Å². The molecule has 0 spiro atoms. The summed E-state index contributed by atoms with van der Waals surface area (Å²) in [6.07, 6.45) is 5.40. The Morgan fingerprint density at radius 3 is 2.36 bits per heavy atom. The van der Waals surface area contributed by atoms with Crippen molar-refractivity contribution in [1.82, 2.24) is 5.32 Å². The fourth-order valence-electron chi connectivity index (χ4n) is 4.60. The van der Waals surface area contributed by atoms with Gasteiger partial charge in [-0.25, -0.2) is 0 Å². The van der Waals surface area contributed by atoms with E-state index in [0.717, 1.165) is 23.3 Å². The molecule has 130 valence electrons. The molecule has 0 heterocycles. The zero-order chi connectivity index (χ0) is 17.2.